The number of nitrogens with two attached hydrogens (primary N) is 1. The van der Waals surface area contributed by atoms with Gasteiger partial charge in [-0.15, -0.1) is 0 Å². The maximum absolute atomic E-state index is 6.73. The van der Waals surface area contributed by atoms with E-state index in [1.165, 1.54) is 69.3 Å². The van der Waals surface area contributed by atoms with E-state index in [-0.39, 0.29) is 5.60 Å². The van der Waals surface area contributed by atoms with Crippen LogP contribution in [0.3, 0.4) is 0 Å². The van der Waals surface area contributed by atoms with E-state index in [4.69, 9.17) is 10.5 Å². The van der Waals surface area contributed by atoms with Gasteiger partial charge in [-0.25, -0.2) is 0 Å². The zero-order valence-corrected chi connectivity index (χ0v) is 14.5. The third-order valence-electron chi connectivity index (χ3n) is 6.28. The molecule has 3 fully saturated rings. The van der Waals surface area contributed by atoms with Gasteiger partial charge >= 0.3 is 0 Å². The average molecular weight is 312 g/mol. The molecule has 3 rings (SSSR count). The second kappa shape index (κ2) is 7.23. The monoisotopic (exact) mass is 311 g/mol. The molecule has 3 atom stereocenters. The molecule has 3 unspecified atom stereocenters. The van der Waals surface area contributed by atoms with Gasteiger partial charge < -0.3 is 10.5 Å². The van der Waals surface area contributed by atoms with Gasteiger partial charge in [0.1, 0.15) is 0 Å². The molecular formula is C18H33NOS. The first kappa shape index (κ1) is 16.1. The summed E-state index contributed by atoms with van der Waals surface area (Å²) in [5.74, 6) is 4.98. The molecule has 21 heavy (non-hydrogen) atoms. The summed E-state index contributed by atoms with van der Waals surface area (Å²) >= 11 is 2.07. The van der Waals surface area contributed by atoms with Gasteiger partial charge in [-0.3, -0.25) is 0 Å². The van der Waals surface area contributed by atoms with E-state index < -0.39 is 0 Å². The Hall–Kier alpha value is 0.270. The van der Waals surface area contributed by atoms with Gasteiger partial charge in [-0.1, -0.05) is 32.6 Å². The van der Waals surface area contributed by atoms with Crippen molar-refractivity contribution in [2.24, 2.45) is 23.5 Å². The Labute approximate surface area is 135 Å². The predicted octanol–water partition coefficient (Wildman–Crippen LogP) is 4.22. The lowest BCUT2D eigenvalue weighted by Crippen LogP contribution is -2.48. The first-order valence-corrected chi connectivity index (χ1v) is 10.4. The molecule has 3 aliphatic rings. The highest BCUT2D eigenvalue weighted by Crippen LogP contribution is 2.43. The van der Waals surface area contributed by atoms with Crippen LogP contribution in [0.5, 0.6) is 0 Å². The van der Waals surface area contributed by atoms with Crippen molar-refractivity contribution in [1.29, 1.82) is 0 Å². The van der Waals surface area contributed by atoms with E-state index in [0.717, 1.165) is 18.4 Å². The Morgan fingerprint density at radius 1 is 1.19 bits per heavy atom. The molecule has 2 heterocycles. The van der Waals surface area contributed by atoms with Gasteiger partial charge in [0.15, 0.2) is 0 Å². The topological polar surface area (TPSA) is 35.2 Å². The average Bonchev–Trinajstić information content (AvgIpc) is 2.95. The highest BCUT2D eigenvalue weighted by atomic mass is 32.2. The number of ether oxygens (including phenoxy) is 1. The number of thioether (sulfide) groups is 1. The second-order valence-electron chi connectivity index (χ2n) is 7.73. The molecule has 2 saturated heterocycles. The SMILES string of the molecule is CCCC1CCC(C(N)C2CCOC3(CCSC3)C2)CC1. The first-order chi connectivity index (χ1) is 10.2. The smallest absolute Gasteiger partial charge is 0.0783 e. The summed E-state index contributed by atoms with van der Waals surface area (Å²) in [4.78, 5) is 0. The molecule has 3 heteroatoms. The molecule has 1 spiro atoms. The molecule has 122 valence electrons. The summed E-state index contributed by atoms with van der Waals surface area (Å²) in [7, 11) is 0. The Morgan fingerprint density at radius 2 is 2.00 bits per heavy atom. The molecule has 2 aliphatic heterocycles. The van der Waals surface area contributed by atoms with Crippen LogP contribution in [-0.4, -0.2) is 29.8 Å². The molecule has 0 amide bonds. The van der Waals surface area contributed by atoms with Gasteiger partial charge in [0.25, 0.3) is 0 Å². The summed E-state index contributed by atoms with van der Waals surface area (Å²) in [6, 6.07) is 0.430. The van der Waals surface area contributed by atoms with Crippen LogP contribution in [0, 0.1) is 17.8 Å². The van der Waals surface area contributed by atoms with Crippen LogP contribution in [0.1, 0.15) is 64.7 Å². The molecule has 0 aromatic heterocycles. The highest BCUT2D eigenvalue weighted by Gasteiger charge is 2.43. The van der Waals surface area contributed by atoms with E-state index in [1.54, 1.807) is 0 Å². The van der Waals surface area contributed by atoms with Crippen LogP contribution in [0.15, 0.2) is 0 Å². The highest BCUT2D eigenvalue weighted by molar-refractivity contribution is 7.99. The molecule has 2 nitrogen and oxygen atoms in total. The van der Waals surface area contributed by atoms with Crippen LogP contribution in [-0.2, 0) is 4.74 Å². The van der Waals surface area contributed by atoms with E-state index in [9.17, 15) is 0 Å². The normalized spacial score (nSPS) is 42.3. The van der Waals surface area contributed by atoms with Gasteiger partial charge in [0, 0.05) is 18.4 Å². The van der Waals surface area contributed by atoms with Crippen LogP contribution in [0.2, 0.25) is 0 Å². The van der Waals surface area contributed by atoms with Crippen molar-refractivity contribution >= 4 is 11.8 Å². The summed E-state index contributed by atoms with van der Waals surface area (Å²) < 4.78 is 6.17. The molecule has 1 saturated carbocycles. The van der Waals surface area contributed by atoms with Crippen molar-refractivity contribution in [3.8, 4) is 0 Å². The van der Waals surface area contributed by atoms with Crippen molar-refractivity contribution in [3.05, 3.63) is 0 Å². The molecule has 2 N–H and O–H groups in total. The standard InChI is InChI=1S/C18H33NOS/c1-2-3-14-4-6-15(7-5-14)17(19)16-8-10-20-18(12-16)9-11-21-13-18/h14-17H,2-13,19H2,1H3. The maximum Gasteiger partial charge on any atom is 0.0783 e. The van der Waals surface area contributed by atoms with Gasteiger partial charge in [0.2, 0.25) is 0 Å². The summed E-state index contributed by atoms with van der Waals surface area (Å²) in [6.45, 7) is 3.27. The fraction of sp³-hybridized carbons (Fsp3) is 1.00. The van der Waals surface area contributed by atoms with Gasteiger partial charge in [-0.05, 0) is 55.6 Å². The number of rotatable bonds is 4. The third kappa shape index (κ3) is 3.79. The van der Waals surface area contributed by atoms with Crippen LogP contribution < -0.4 is 5.73 Å². The zero-order chi connectivity index (χ0) is 14.7. The molecule has 0 aromatic carbocycles. The Balaban J connectivity index is 1.52. The fourth-order valence-corrected chi connectivity index (χ4v) is 6.29. The van der Waals surface area contributed by atoms with Crippen LogP contribution in [0.4, 0.5) is 0 Å². The second-order valence-corrected chi connectivity index (χ2v) is 8.84. The van der Waals surface area contributed by atoms with Crippen molar-refractivity contribution in [3.63, 3.8) is 0 Å². The lowest BCUT2D eigenvalue weighted by molar-refractivity contribution is -0.0870. The van der Waals surface area contributed by atoms with E-state index in [0.29, 0.717) is 12.0 Å². The van der Waals surface area contributed by atoms with Crippen molar-refractivity contribution in [1.82, 2.24) is 0 Å². The largest absolute Gasteiger partial charge is 0.374 e. The minimum absolute atomic E-state index is 0.199. The predicted molar refractivity (Wildman–Crippen MR) is 91.7 cm³/mol. The Bertz CT molecular complexity index is 321. The number of hydrogen-bond donors (Lipinski definition) is 1. The van der Waals surface area contributed by atoms with E-state index in [2.05, 4.69) is 18.7 Å². The summed E-state index contributed by atoms with van der Waals surface area (Å²) in [5.41, 5.74) is 6.93. The fourth-order valence-electron chi connectivity index (χ4n) is 4.91. The first-order valence-electron chi connectivity index (χ1n) is 9.20. The summed E-state index contributed by atoms with van der Waals surface area (Å²) in [6.07, 6.45) is 12.1. The Kier molecular flexibility index (Phi) is 5.55. The lowest BCUT2D eigenvalue weighted by atomic mass is 9.71. The van der Waals surface area contributed by atoms with Crippen LogP contribution in [0.25, 0.3) is 0 Å². The molecular weight excluding hydrogens is 278 g/mol. The van der Waals surface area contributed by atoms with Crippen molar-refractivity contribution in [2.75, 3.05) is 18.1 Å². The number of hydrogen-bond acceptors (Lipinski definition) is 3. The van der Waals surface area contributed by atoms with E-state index in [1.807, 2.05) is 0 Å². The minimum atomic E-state index is 0.199. The van der Waals surface area contributed by atoms with E-state index >= 15 is 0 Å². The zero-order valence-electron chi connectivity index (χ0n) is 13.7. The van der Waals surface area contributed by atoms with Gasteiger partial charge in [0.05, 0.1) is 5.60 Å². The maximum atomic E-state index is 6.73. The molecule has 0 radical (unpaired) electrons. The molecule has 0 aromatic rings. The van der Waals surface area contributed by atoms with Crippen molar-refractivity contribution in [2.45, 2.75) is 76.4 Å². The quantitative estimate of drug-likeness (QED) is 0.844. The van der Waals surface area contributed by atoms with Gasteiger partial charge in [-0.2, -0.15) is 11.8 Å². The van der Waals surface area contributed by atoms with Crippen molar-refractivity contribution < 1.29 is 4.74 Å². The Morgan fingerprint density at radius 3 is 2.67 bits per heavy atom. The molecule has 0 bridgehead atoms. The minimum Gasteiger partial charge on any atom is -0.374 e. The van der Waals surface area contributed by atoms with Crippen LogP contribution >= 0.6 is 11.8 Å². The lowest BCUT2D eigenvalue weighted by Gasteiger charge is -2.43. The molecule has 1 aliphatic carbocycles. The third-order valence-corrected chi connectivity index (χ3v) is 7.50. The summed E-state index contributed by atoms with van der Waals surface area (Å²) in [5, 5.41) is 0.